The van der Waals surface area contributed by atoms with E-state index < -0.39 is 11.7 Å². The van der Waals surface area contributed by atoms with Crippen molar-refractivity contribution in [3.63, 3.8) is 0 Å². The molecule has 2 bridgehead atoms. The van der Waals surface area contributed by atoms with E-state index in [9.17, 15) is 18.0 Å². The van der Waals surface area contributed by atoms with Gasteiger partial charge < -0.3 is 10.3 Å². The Balaban J connectivity index is 1.22. The zero-order valence-electron chi connectivity index (χ0n) is 23.1. The number of nitrogens with one attached hydrogen (secondary N) is 1. The van der Waals surface area contributed by atoms with Gasteiger partial charge in [0.1, 0.15) is 5.82 Å². The van der Waals surface area contributed by atoms with E-state index >= 15 is 0 Å². The zero-order valence-corrected chi connectivity index (χ0v) is 23.1. The van der Waals surface area contributed by atoms with Crippen LogP contribution in [0.1, 0.15) is 56.2 Å². The third-order valence-corrected chi connectivity index (χ3v) is 7.81. The van der Waals surface area contributed by atoms with Crippen LogP contribution in [-0.2, 0) is 6.18 Å². The quantitative estimate of drug-likeness (QED) is 0.390. The Kier molecular flexibility index (Phi) is 8.02. The number of alkyl halides is 3. The summed E-state index contributed by atoms with van der Waals surface area (Å²) in [6.45, 7) is 9.43. The Morgan fingerprint density at radius 3 is 2.27 bits per heavy atom. The summed E-state index contributed by atoms with van der Waals surface area (Å²) in [6, 6.07) is 14.3. The van der Waals surface area contributed by atoms with E-state index in [0.29, 0.717) is 24.3 Å². The maximum Gasteiger partial charge on any atom is 0.416 e. The summed E-state index contributed by atoms with van der Waals surface area (Å²) in [4.78, 5) is 17.5. The number of hydrogen-bond donors (Lipinski definition) is 1. The molecule has 3 aromatic rings. The van der Waals surface area contributed by atoms with Gasteiger partial charge in [-0.25, -0.2) is 9.47 Å². The van der Waals surface area contributed by atoms with Crippen LogP contribution in [0.4, 0.5) is 29.3 Å². The number of benzene rings is 2. The Morgan fingerprint density at radius 2 is 1.68 bits per heavy atom. The van der Waals surface area contributed by atoms with Crippen molar-refractivity contribution in [1.82, 2.24) is 19.8 Å². The second-order valence-electron chi connectivity index (χ2n) is 10.9. The standard InChI is InChI=1S/C29H36F3N7O/c1-20(2)27-35-34-21(3)39(27)36-18-25-14-15-26(19-36)37(25)16-7-17-38(24-8-5-4-6-9-24)28(40)33-23-12-10-22(11-13-23)29(30,31)32/h4-6,8-13,20,25-26H,7,14-19H2,1-3H3,(H,33,40)/t25-,26+. The van der Waals surface area contributed by atoms with E-state index in [1.165, 1.54) is 12.1 Å². The molecular weight excluding hydrogens is 519 g/mol. The molecule has 2 aliphatic rings. The first-order valence-corrected chi connectivity index (χ1v) is 13.9. The van der Waals surface area contributed by atoms with E-state index in [0.717, 1.165) is 68.4 Å². The molecule has 2 aromatic carbocycles. The lowest BCUT2D eigenvalue weighted by atomic mass is 10.2. The van der Waals surface area contributed by atoms with Crippen molar-refractivity contribution in [1.29, 1.82) is 0 Å². The minimum absolute atomic E-state index is 0.287. The van der Waals surface area contributed by atoms with Gasteiger partial charge in [-0.05, 0) is 62.6 Å². The number of piperazine rings is 1. The number of halogens is 3. The van der Waals surface area contributed by atoms with Gasteiger partial charge in [-0.15, -0.1) is 10.2 Å². The van der Waals surface area contributed by atoms with Gasteiger partial charge in [0, 0.05) is 42.5 Å². The number of urea groups is 1. The zero-order chi connectivity index (χ0) is 28.4. The van der Waals surface area contributed by atoms with Gasteiger partial charge >= 0.3 is 12.2 Å². The summed E-state index contributed by atoms with van der Waals surface area (Å²) >= 11 is 0. The van der Waals surface area contributed by atoms with E-state index in [1.807, 2.05) is 37.3 Å². The molecule has 2 saturated heterocycles. The Labute approximate surface area is 232 Å². The molecule has 1 N–H and O–H groups in total. The fourth-order valence-corrected chi connectivity index (χ4v) is 5.88. The largest absolute Gasteiger partial charge is 0.416 e. The van der Waals surface area contributed by atoms with Gasteiger partial charge in [0.15, 0.2) is 5.82 Å². The molecule has 0 spiro atoms. The van der Waals surface area contributed by atoms with Crippen LogP contribution in [0.5, 0.6) is 0 Å². The maximum absolute atomic E-state index is 13.3. The maximum atomic E-state index is 13.3. The van der Waals surface area contributed by atoms with Crippen LogP contribution in [0, 0.1) is 6.92 Å². The molecule has 0 unspecified atom stereocenters. The normalized spacial score (nSPS) is 19.3. The number of aryl methyl sites for hydroxylation is 1. The van der Waals surface area contributed by atoms with Crippen LogP contribution in [0.15, 0.2) is 54.6 Å². The molecule has 0 saturated carbocycles. The van der Waals surface area contributed by atoms with Crippen LogP contribution < -0.4 is 15.2 Å². The number of fused-ring (bicyclic) bond motifs is 2. The van der Waals surface area contributed by atoms with Gasteiger partial charge in [0.2, 0.25) is 0 Å². The van der Waals surface area contributed by atoms with Gasteiger partial charge in [0.25, 0.3) is 0 Å². The van der Waals surface area contributed by atoms with Gasteiger partial charge in [-0.3, -0.25) is 9.80 Å². The highest BCUT2D eigenvalue weighted by molar-refractivity contribution is 6.01. The van der Waals surface area contributed by atoms with Crippen molar-refractivity contribution in [3.8, 4) is 0 Å². The van der Waals surface area contributed by atoms with Crippen LogP contribution in [0.3, 0.4) is 0 Å². The van der Waals surface area contributed by atoms with Crippen LogP contribution in [-0.4, -0.2) is 64.1 Å². The number of nitrogens with zero attached hydrogens (tertiary/aromatic N) is 6. The molecule has 2 aliphatic heterocycles. The summed E-state index contributed by atoms with van der Waals surface area (Å²) in [5.41, 5.74) is 0.308. The van der Waals surface area contributed by atoms with Crippen molar-refractivity contribution in [2.75, 3.05) is 41.4 Å². The molecule has 11 heteroatoms. The fraction of sp³-hybridized carbons (Fsp3) is 0.483. The lowest BCUT2D eigenvalue weighted by molar-refractivity contribution is -0.137. The van der Waals surface area contributed by atoms with Crippen LogP contribution in [0.25, 0.3) is 0 Å². The molecule has 2 fully saturated rings. The highest BCUT2D eigenvalue weighted by atomic mass is 19.4. The highest BCUT2D eigenvalue weighted by Crippen LogP contribution is 2.32. The number of anilines is 2. The first-order valence-electron chi connectivity index (χ1n) is 13.9. The van der Waals surface area contributed by atoms with Gasteiger partial charge in [-0.2, -0.15) is 13.2 Å². The first kappa shape index (κ1) is 27.9. The van der Waals surface area contributed by atoms with Gasteiger partial charge in [-0.1, -0.05) is 32.0 Å². The molecule has 0 radical (unpaired) electrons. The number of aromatic nitrogens is 3. The smallest absolute Gasteiger partial charge is 0.308 e. The lowest BCUT2D eigenvalue weighted by Crippen LogP contribution is -2.58. The topological polar surface area (TPSA) is 69.5 Å². The number of hydrogen-bond acceptors (Lipinski definition) is 5. The number of amides is 2. The molecule has 2 amide bonds. The number of carbonyl (C=O) groups is 1. The monoisotopic (exact) mass is 555 g/mol. The summed E-state index contributed by atoms with van der Waals surface area (Å²) in [5.74, 6) is 2.19. The van der Waals surface area contributed by atoms with Crippen molar-refractivity contribution in [2.45, 2.75) is 64.2 Å². The van der Waals surface area contributed by atoms with Crippen molar-refractivity contribution in [3.05, 3.63) is 71.8 Å². The predicted molar refractivity (Wildman–Crippen MR) is 149 cm³/mol. The summed E-state index contributed by atoms with van der Waals surface area (Å²) in [7, 11) is 0. The first-order chi connectivity index (χ1) is 19.1. The minimum atomic E-state index is -4.42. The van der Waals surface area contributed by atoms with Crippen molar-refractivity contribution in [2.24, 2.45) is 0 Å². The Hall–Kier alpha value is -3.60. The van der Waals surface area contributed by atoms with Crippen LogP contribution in [0.2, 0.25) is 0 Å². The van der Waals surface area contributed by atoms with Crippen molar-refractivity contribution >= 4 is 17.4 Å². The van der Waals surface area contributed by atoms with E-state index in [-0.39, 0.29) is 11.9 Å². The molecule has 0 aliphatic carbocycles. The summed E-state index contributed by atoms with van der Waals surface area (Å²) < 4.78 is 41.0. The predicted octanol–water partition coefficient (Wildman–Crippen LogP) is 5.64. The SMILES string of the molecule is Cc1nnc(C(C)C)n1N1C[C@H]2CC[C@@H](C1)N2CCCN(C(=O)Nc1ccc(C(F)(F)F)cc1)c1ccccc1. The molecular formula is C29H36F3N7O. The Morgan fingerprint density at radius 1 is 1.02 bits per heavy atom. The molecule has 5 rings (SSSR count). The minimum Gasteiger partial charge on any atom is -0.308 e. The second-order valence-corrected chi connectivity index (χ2v) is 10.9. The average molecular weight is 556 g/mol. The molecule has 1 aromatic heterocycles. The fourth-order valence-electron chi connectivity index (χ4n) is 5.88. The number of para-hydroxylation sites is 1. The second kappa shape index (κ2) is 11.5. The van der Waals surface area contributed by atoms with Crippen LogP contribution >= 0.6 is 0 Å². The molecule has 8 nitrogen and oxygen atoms in total. The van der Waals surface area contributed by atoms with E-state index in [4.69, 9.17) is 0 Å². The third-order valence-electron chi connectivity index (χ3n) is 7.81. The highest BCUT2D eigenvalue weighted by Gasteiger charge is 2.40. The van der Waals surface area contributed by atoms with Crippen molar-refractivity contribution < 1.29 is 18.0 Å². The lowest BCUT2D eigenvalue weighted by Gasteiger charge is -2.43. The van der Waals surface area contributed by atoms with E-state index in [1.54, 1.807) is 4.90 Å². The van der Waals surface area contributed by atoms with Gasteiger partial charge in [0.05, 0.1) is 18.7 Å². The molecule has 40 heavy (non-hydrogen) atoms. The summed E-state index contributed by atoms with van der Waals surface area (Å²) in [6.07, 6.45) is -1.38. The number of rotatable bonds is 8. The molecule has 214 valence electrons. The number of carbonyl (C=O) groups excluding carboxylic acids is 1. The molecule has 2 atom stereocenters. The molecule has 3 heterocycles. The third kappa shape index (κ3) is 5.94. The summed E-state index contributed by atoms with van der Waals surface area (Å²) in [5, 5.41) is 13.9. The average Bonchev–Trinajstić information content (AvgIpc) is 3.42. The Bertz CT molecular complexity index is 1280. The van der Waals surface area contributed by atoms with E-state index in [2.05, 4.69) is 43.9 Å².